The standard InChI is InChI=1S/C12H10F2N4O2/c1-6-4-10(11(15)18-19)17-12(16-6)20-7-2-3-8(13)9(14)5-7/h2-5,19H,1H3,(H2,15,18). The Balaban J connectivity index is 2.33. The highest BCUT2D eigenvalue weighted by molar-refractivity contribution is 5.95. The van der Waals surface area contributed by atoms with E-state index >= 15 is 0 Å². The van der Waals surface area contributed by atoms with Crippen LogP contribution in [0.5, 0.6) is 11.8 Å². The lowest BCUT2D eigenvalue weighted by molar-refractivity contribution is 0.318. The number of aryl methyl sites for hydroxylation is 1. The van der Waals surface area contributed by atoms with Gasteiger partial charge in [0, 0.05) is 11.8 Å². The van der Waals surface area contributed by atoms with Gasteiger partial charge in [0.1, 0.15) is 11.4 Å². The summed E-state index contributed by atoms with van der Waals surface area (Å²) in [5.74, 6) is -2.22. The van der Waals surface area contributed by atoms with E-state index < -0.39 is 11.6 Å². The first kappa shape index (κ1) is 13.7. The summed E-state index contributed by atoms with van der Waals surface area (Å²) in [6.07, 6.45) is 0. The Bertz CT molecular complexity index is 677. The average Bonchev–Trinajstić information content (AvgIpc) is 2.41. The van der Waals surface area contributed by atoms with Gasteiger partial charge in [0.15, 0.2) is 17.5 Å². The second-order valence-corrected chi connectivity index (χ2v) is 3.84. The van der Waals surface area contributed by atoms with Gasteiger partial charge in [-0.2, -0.15) is 4.98 Å². The van der Waals surface area contributed by atoms with Crippen LogP contribution in [0, 0.1) is 18.6 Å². The van der Waals surface area contributed by atoms with Gasteiger partial charge in [-0.25, -0.2) is 13.8 Å². The number of benzene rings is 1. The molecule has 0 unspecified atom stereocenters. The normalized spacial score (nSPS) is 11.4. The van der Waals surface area contributed by atoms with Crippen LogP contribution >= 0.6 is 0 Å². The molecule has 0 spiro atoms. The van der Waals surface area contributed by atoms with Crippen molar-refractivity contribution in [2.24, 2.45) is 10.9 Å². The Morgan fingerprint density at radius 2 is 2.00 bits per heavy atom. The quantitative estimate of drug-likeness (QED) is 0.388. The van der Waals surface area contributed by atoms with E-state index in [1.54, 1.807) is 6.92 Å². The Morgan fingerprint density at radius 1 is 1.25 bits per heavy atom. The van der Waals surface area contributed by atoms with Crippen LogP contribution in [0.1, 0.15) is 11.4 Å². The molecule has 0 bridgehead atoms. The van der Waals surface area contributed by atoms with Crippen molar-refractivity contribution in [1.82, 2.24) is 9.97 Å². The van der Waals surface area contributed by atoms with Gasteiger partial charge in [0.25, 0.3) is 0 Å². The zero-order valence-corrected chi connectivity index (χ0v) is 10.3. The minimum atomic E-state index is -1.05. The number of halogens is 2. The molecule has 0 atom stereocenters. The monoisotopic (exact) mass is 280 g/mol. The summed E-state index contributed by atoms with van der Waals surface area (Å²) in [5, 5.41) is 11.4. The minimum Gasteiger partial charge on any atom is -0.424 e. The van der Waals surface area contributed by atoms with E-state index in [0.717, 1.165) is 12.1 Å². The molecule has 0 aliphatic rings. The Hall–Kier alpha value is -2.77. The van der Waals surface area contributed by atoms with Gasteiger partial charge in [0.2, 0.25) is 0 Å². The highest BCUT2D eigenvalue weighted by Crippen LogP contribution is 2.20. The topological polar surface area (TPSA) is 93.6 Å². The molecule has 1 aromatic heterocycles. The lowest BCUT2D eigenvalue weighted by atomic mass is 10.3. The van der Waals surface area contributed by atoms with Gasteiger partial charge in [-0.1, -0.05) is 5.16 Å². The number of hydrogen-bond donors (Lipinski definition) is 2. The summed E-state index contributed by atoms with van der Waals surface area (Å²) in [6.45, 7) is 1.65. The van der Waals surface area contributed by atoms with E-state index in [4.69, 9.17) is 15.7 Å². The van der Waals surface area contributed by atoms with Gasteiger partial charge in [-0.05, 0) is 25.1 Å². The molecular weight excluding hydrogens is 270 g/mol. The van der Waals surface area contributed by atoms with Crippen molar-refractivity contribution in [2.75, 3.05) is 0 Å². The first-order chi connectivity index (χ1) is 9.49. The third kappa shape index (κ3) is 2.97. The van der Waals surface area contributed by atoms with Gasteiger partial charge in [-0.3, -0.25) is 0 Å². The third-order valence-corrected chi connectivity index (χ3v) is 2.30. The molecule has 0 saturated heterocycles. The van der Waals surface area contributed by atoms with Crippen LogP contribution in [0.4, 0.5) is 8.78 Å². The molecule has 0 aliphatic heterocycles. The van der Waals surface area contributed by atoms with Crippen molar-refractivity contribution in [3.05, 3.63) is 47.3 Å². The summed E-state index contributed by atoms with van der Waals surface area (Å²) in [6, 6.07) is 4.37. The largest absolute Gasteiger partial charge is 0.424 e. The highest BCUT2D eigenvalue weighted by Gasteiger charge is 2.10. The van der Waals surface area contributed by atoms with Gasteiger partial charge < -0.3 is 15.7 Å². The first-order valence-electron chi connectivity index (χ1n) is 5.46. The molecular formula is C12H10F2N4O2. The summed E-state index contributed by atoms with van der Waals surface area (Å²) >= 11 is 0. The fraction of sp³-hybridized carbons (Fsp3) is 0.0833. The van der Waals surface area contributed by atoms with Gasteiger partial charge in [0.05, 0.1) is 0 Å². The third-order valence-electron chi connectivity index (χ3n) is 2.30. The Labute approximate surface area is 112 Å². The molecule has 1 aromatic carbocycles. The van der Waals surface area contributed by atoms with Crippen LogP contribution in [-0.2, 0) is 0 Å². The van der Waals surface area contributed by atoms with E-state index in [2.05, 4.69) is 15.1 Å². The molecule has 3 N–H and O–H groups in total. The summed E-state index contributed by atoms with van der Waals surface area (Å²) in [4.78, 5) is 7.84. The van der Waals surface area contributed by atoms with E-state index in [1.165, 1.54) is 12.1 Å². The van der Waals surface area contributed by atoms with Crippen LogP contribution in [0.25, 0.3) is 0 Å². The Morgan fingerprint density at radius 3 is 2.65 bits per heavy atom. The molecule has 20 heavy (non-hydrogen) atoms. The summed E-state index contributed by atoms with van der Waals surface area (Å²) in [7, 11) is 0. The van der Waals surface area contributed by atoms with Crippen molar-refractivity contribution < 1.29 is 18.7 Å². The zero-order valence-electron chi connectivity index (χ0n) is 10.3. The number of amidine groups is 1. The molecule has 1 heterocycles. The predicted octanol–water partition coefficient (Wildman–Crippen LogP) is 1.95. The second-order valence-electron chi connectivity index (χ2n) is 3.84. The molecule has 0 fully saturated rings. The molecule has 0 saturated carbocycles. The first-order valence-corrected chi connectivity index (χ1v) is 5.46. The predicted molar refractivity (Wildman–Crippen MR) is 65.7 cm³/mol. The number of aromatic nitrogens is 2. The van der Waals surface area contributed by atoms with E-state index in [0.29, 0.717) is 5.69 Å². The van der Waals surface area contributed by atoms with Crippen LogP contribution < -0.4 is 10.5 Å². The van der Waals surface area contributed by atoms with Crippen LogP contribution in [0.2, 0.25) is 0 Å². The summed E-state index contributed by atoms with van der Waals surface area (Å²) < 4.78 is 31.1. The molecule has 0 aliphatic carbocycles. The summed E-state index contributed by atoms with van der Waals surface area (Å²) in [5.41, 5.74) is 6.06. The number of ether oxygens (including phenoxy) is 1. The number of oxime groups is 1. The number of nitrogens with two attached hydrogens (primary N) is 1. The SMILES string of the molecule is Cc1cc(/C(N)=N/O)nc(Oc2ccc(F)c(F)c2)n1. The molecule has 8 heteroatoms. The fourth-order valence-corrected chi connectivity index (χ4v) is 1.42. The van der Waals surface area contributed by atoms with E-state index in [1.807, 2.05) is 0 Å². The fourth-order valence-electron chi connectivity index (χ4n) is 1.42. The smallest absolute Gasteiger partial charge is 0.322 e. The number of nitrogens with zero attached hydrogens (tertiary/aromatic N) is 3. The van der Waals surface area contributed by atoms with Crippen molar-refractivity contribution >= 4 is 5.84 Å². The molecule has 6 nitrogen and oxygen atoms in total. The number of rotatable bonds is 3. The average molecular weight is 280 g/mol. The van der Waals surface area contributed by atoms with Crippen LogP contribution in [0.15, 0.2) is 29.4 Å². The van der Waals surface area contributed by atoms with Crippen molar-refractivity contribution in [1.29, 1.82) is 0 Å². The van der Waals surface area contributed by atoms with E-state index in [-0.39, 0.29) is 23.3 Å². The van der Waals surface area contributed by atoms with Crippen molar-refractivity contribution in [2.45, 2.75) is 6.92 Å². The Kier molecular flexibility index (Phi) is 3.74. The van der Waals surface area contributed by atoms with Crippen LogP contribution in [0.3, 0.4) is 0 Å². The van der Waals surface area contributed by atoms with Gasteiger partial charge in [-0.15, -0.1) is 0 Å². The highest BCUT2D eigenvalue weighted by atomic mass is 19.2. The second kappa shape index (κ2) is 5.47. The zero-order chi connectivity index (χ0) is 14.7. The lowest BCUT2D eigenvalue weighted by Crippen LogP contribution is -2.16. The number of hydrogen-bond acceptors (Lipinski definition) is 5. The minimum absolute atomic E-state index is 0.0277. The maximum Gasteiger partial charge on any atom is 0.322 e. The maximum atomic E-state index is 13.1. The molecule has 2 aromatic rings. The van der Waals surface area contributed by atoms with Crippen molar-refractivity contribution in [3.8, 4) is 11.8 Å². The molecule has 0 radical (unpaired) electrons. The lowest BCUT2D eigenvalue weighted by Gasteiger charge is -2.06. The maximum absolute atomic E-state index is 13.1. The molecule has 104 valence electrons. The van der Waals surface area contributed by atoms with E-state index in [9.17, 15) is 8.78 Å². The van der Waals surface area contributed by atoms with Crippen LogP contribution in [-0.4, -0.2) is 21.0 Å². The van der Waals surface area contributed by atoms with Crippen molar-refractivity contribution in [3.63, 3.8) is 0 Å². The van der Waals surface area contributed by atoms with Gasteiger partial charge >= 0.3 is 6.01 Å². The molecule has 0 amide bonds. The molecule has 2 rings (SSSR count).